The number of hydrogen-bond acceptors (Lipinski definition) is 12. The van der Waals surface area contributed by atoms with E-state index in [1.54, 1.807) is 42.5 Å². The van der Waals surface area contributed by atoms with Crippen LogP contribution in [0.4, 0.5) is 23.0 Å². The minimum absolute atomic E-state index is 0.0560. The molecule has 4 aromatic rings. The maximum absolute atomic E-state index is 12.9. The Balaban J connectivity index is 0.000000180. The summed E-state index contributed by atoms with van der Waals surface area (Å²) in [6.07, 6.45) is 16.6. The molecule has 2 fully saturated rings. The fourth-order valence-electron chi connectivity index (χ4n) is 8.09. The largest absolute Gasteiger partial charge is 0.476 e. The summed E-state index contributed by atoms with van der Waals surface area (Å²) in [4.78, 5) is 73.8. The molecule has 20 heteroatoms. The number of hydrogen-bond donors (Lipinski definition) is 2. The van der Waals surface area contributed by atoms with E-state index in [2.05, 4.69) is 30.0 Å². The third-order valence-corrected chi connectivity index (χ3v) is 10.9. The van der Waals surface area contributed by atoms with Gasteiger partial charge in [-0.25, -0.2) is 24.1 Å². The molecule has 4 aliphatic rings. The van der Waals surface area contributed by atoms with E-state index >= 15 is 0 Å². The lowest BCUT2D eigenvalue weighted by Gasteiger charge is -2.43. The minimum atomic E-state index is -1.10. The summed E-state index contributed by atoms with van der Waals surface area (Å²) >= 11 is 9.53. The number of aromatic carboxylic acids is 1. The predicted octanol–water partition coefficient (Wildman–Crippen LogP) is 4.55. The van der Waals surface area contributed by atoms with E-state index in [-0.39, 0.29) is 46.7 Å². The van der Waals surface area contributed by atoms with E-state index in [0.717, 1.165) is 57.2 Å². The number of carbonyl (C=O) groups excluding carboxylic acids is 3. The van der Waals surface area contributed by atoms with Crippen LogP contribution in [-0.4, -0.2) is 112 Å². The van der Waals surface area contributed by atoms with Gasteiger partial charge in [0.25, 0.3) is 17.8 Å². The van der Waals surface area contributed by atoms with Crippen molar-refractivity contribution in [3.8, 4) is 11.9 Å². The Morgan fingerprint density at radius 2 is 1.12 bits per heavy atom. The van der Waals surface area contributed by atoms with Crippen LogP contribution in [0.5, 0.6) is 0 Å². The average molecular weight is 825 g/mol. The van der Waals surface area contributed by atoms with E-state index in [1.807, 2.05) is 13.8 Å². The van der Waals surface area contributed by atoms with E-state index < -0.39 is 11.9 Å². The number of halogens is 2. The normalized spacial score (nSPS) is 19.5. The van der Waals surface area contributed by atoms with E-state index in [1.165, 1.54) is 27.7 Å². The zero-order valence-corrected chi connectivity index (χ0v) is 33.8. The first kappa shape index (κ1) is 41.3. The Kier molecular flexibility index (Phi) is 12.9. The smallest absolute Gasteiger partial charge is 0.356 e. The molecule has 304 valence electrons. The molecule has 3 N–H and O–H groups in total. The van der Waals surface area contributed by atoms with Gasteiger partial charge in [0.1, 0.15) is 29.2 Å². The van der Waals surface area contributed by atoms with Gasteiger partial charge < -0.3 is 30.4 Å². The van der Waals surface area contributed by atoms with Gasteiger partial charge in [0.05, 0.1) is 17.7 Å². The van der Waals surface area contributed by atoms with Gasteiger partial charge in [-0.1, -0.05) is 39.5 Å². The van der Waals surface area contributed by atoms with Gasteiger partial charge in [-0.15, -0.1) is 23.2 Å². The van der Waals surface area contributed by atoms with E-state index in [0.29, 0.717) is 48.0 Å². The standard InChI is InChI=1S/C18H23N7O2.C18H22N6O3.CH2Cl2/c1-3-13-17(27)23(2)14-10-20-18(24-9-8-12(22-24)15(19)26)21-16(14)25(13)11-6-4-5-7-11;1-3-13-16(25)22(2)14-10-19-18(23-9-8-12(21-23)17(26)27)20-15(14)24(13)11-6-4-5-7-11;2-1-3/h8-11,13H,3-7H2,1-2H3,(H2,19,26);8-11,13H,3-7H2,1-2H3,(H,26,27);1H2/t2*13-;/m11./s1. The third-order valence-electron chi connectivity index (χ3n) is 10.9. The molecule has 0 unspecified atom stereocenters. The van der Waals surface area contributed by atoms with Gasteiger partial charge in [0.2, 0.25) is 11.8 Å². The number of likely N-dealkylation sites (N-methyl/N-ethyl adjacent to an activating group) is 2. The van der Waals surface area contributed by atoms with Crippen molar-refractivity contribution in [3.05, 3.63) is 48.3 Å². The van der Waals surface area contributed by atoms with Crippen molar-refractivity contribution in [2.45, 2.75) is 102 Å². The number of rotatable bonds is 8. The van der Waals surface area contributed by atoms with E-state index in [9.17, 15) is 19.2 Å². The number of carboxylic acids is 1. The molecule has 2 saturated carbocycles. The molecule has 2 aliphatic heterocycles. The Morgan fingerprint density at radius 3 is 1.46 bits per heavy atom. The van der Waals surface area contributed by atoms with Gasteiger partial charge in [-0.05, 0) is 50.7 Å². The maximum Gasteiger partial charge on any atom is 0.356 e. The van der Waals surface area contributed by atoms with Crippen LogP contribution < -0.4 is 25.3 Å². The number of fused-ring (bicyclic) bond motifs is 2. The van der Waals surface area contributed by atoms with Gasteiger partial charge >= 0.3 is 5.97 Å². The quantitative estimate of drug-likeness (QED) is 0.234. The summed E-state index contributed by atoms with van der Waals surface area (Å²) in [7, 11) is 3.51. The van der Waals surface area contributed by atoms with Crippen molar-refractivity contribution in [1.29, 1.82) is 0 Å². The van der Waals surface area contributed by atoms with Crippen LogP contribution in [0.2, 0.25) is 0 Å². The number of nitrogens with two attached hydrogens (primary N) is 1. The highest BCUT2D eigenvalue weighted by Gasteiger charge is 2.43. The van der Waals surface area contributed by atoms with Crippen molar-refractivity contribution in [2.24, 2.45) is 5.73 Å². The fraction of sp³-hybridized carbons (Fsp3) is 0.514. The molecule has 0 bridgehead atoms. The number of carboxylic acid groups (broad SMARTS) is 1. The molecule has 0 radical (unpaired) electrons. The molecule has 0 saturated heterocycles. The summed E-state index contributed by atoms with van der Waals surface area (Å²) < 4.78 is 2.79. The number of alkyl halides is 2. The molecule has 4 aromatic heterocycles. The highest BCUT2D eigenvalue weighted by Crippen LogP contribution is 2.41. The number of primary amides is 1. The lowest BCUT2D eigenvalue weighted by atomic mass is 10.0. The SMILES string of the molecule is CC[C@@H]1C(=O)N(C)c2cnc(-n3ccc(C(=O)O)n3)nc2N1C1CCCC1.CC[C@@H]1C(=O)N(C)c2cnc(-n3ccc(C(N)=O)n3)nc2N1C1CCCC1.ClCCl. The van der Waals surface area contributed by atoms with Gasteiger partial charge in [0, 0.05) is 38.6 Å². The highest BCUT2D eigenvalue weighted by atomic mass is 35.5. The van der Waals surface area contributed by atoms with Crippen molar-refractivity contribution in [2.75, 3.05) is 39.0 Å². The molecular weight excluding hydrogens is 777 g/mol. The molecule has 2 atom stereocenters. The Morgan fingerprint density at radius 1 is 0.737 bits per heavy atom. The molecule has 3 amide bonds. The van der Waals surface area contributed by atoms with Crippen molar-refractivity contribution >= 4 is 69.9 Å². The Hall–Kier alpha value is -5.36. The maximum atomic E-state index is 12.9. The zero-order valence-electron chi connectivity index (χ0n) is 32.3. The van der Waals surface area contributed by atoms with Crippen LogP contribution in [0.1, 0.15) is 99.0 Å². The second-order valence-corrected chi connectivity index (χ2v) is 15.0. The Labute approximate surface area is 340 Å². The molecule has 6 heterocycles. The van der Waals surface area contributed by atoms with Gasteiger partial charge in [-0.2, -0.15) is 20.2 Å². The topological polar surface area (TPSA) is 215 Å². The van der Waals surface area contributed by atoms with Crippen LogP contribution in [0, 0.1) is 0 Å². The molecule has 0 spiro atoms. The molecule has 57 heavy (non-hydrogen) atoms. The van der Waals surface area contributed by atoms with Gasteiger partial charge in [-0.3, -0.25) is 14.4 Å². The van der Waals surface area contributed by atoms with Crippen LogP contribution in [0.15, 0.2) is 36.9 Å². The molecule has 0 aromatic carbocycles. The number of aromatic nitrogens is 8. The van der Waals surface area contributed by atoms with Gasteiger partial charge in [0.15, 0.2) is 17.3 Å². The lowest BCUT2D eigenvalue weighted by molar-refractivity contribution is -0.120. The first-order valence-electron chi connectivity index (χ1n) is 19.1. The minimum Gasteiger partial charge on any atom is -0.476 e. The first-order chi connectivity index (χ1) is 27.4. The second-order valence-electron chi connectivity index (χ2n) is 14.2. The molecule has 8 rings (SSSR count). The summed E-state index contributed by atoms with van der Waals surface area (Å²) in [5.74, 6) is 0.532. The summed E-state index contributed by atoms with van der Waals surface area (Å²) in [6.45, 7) is 4.04. The summed E-state index contributed by atoms with van der Waals surface area (Å²) in [5, 5.41) is 17.4. The fourth-order valence-corrected chi connectivity index (χ4v) is 8.09. The van der Waals surface area contributed by atoms with Crippen LogP contribution in [-0.2, 0) is 9.59 Å². The number of nitrogens with zero attached hydrogens (tertiary/aromatic N) is 12. The zero-order chi connectivity index (χ0) is 41.0. The third kappa shape index (κ3) is 8.23. The summed E-state index contributed by atoms with van der Waals surface area (Å²) in [6, 6.07) is 3.04. The number of carbonyl (C=O) groups is 4. The molecular formula is C37H47Cl2N13O5. The molecule has 18 nitrogen and oxygen atoms in total. The van der Waals surface area contributed by atoms with Crippen LogP contribution >= 0.6 is 23.2 Å². The van der Waals surface area contributed by atoms with Crippen molar-refractivity contribution in [3.63, 3.8) is 0 Å². The van der Waals surface area contributed by atoms with Crippen molar-refractivity contribution in [1.82, 2.24) is 39.5 Å². The van der Waals surface area contributed by atoms with Crippen LogP contribution in [0.25, 0.3) is 11.9 Å². The van der Waals surface area contributed by atoms with Crippen molar-refractivity contribution < 1.29 is 24.3 Å². The predicted molar refractivity (Wildman–Crippen MR) is 215 cm³/mol. The second kappa shape index (κ2) is 17.8. The first-order valence-corrected chi connectivity index (χ1v) is 20.1. The monoisotopic (exact) mass is 823 g/mol. The Bertz CT molecular complexity index is 1950. The number of amides is 3. The highest BCUT2D eigenvalue weighted by molar-refractivity contribution is 6.40. The summed E-state index contributed by atoms with van der Waals surface area (Å²) in [5.41, 5.74) is 6.74. The van der Waals surface area contributed by atoms with E-state index in [4.69, 9.17) is 44.0 Å². The number of anilines is 4. The van der Waals surface area contributed by atoms with Crippen LogP contribution in [0.3, 0.4) is 0 Å². The lowest BCUT2D eigenvalue weighted by Crippen LogP contribution is -2.55. The molecule has 2 aliphatic carbocycles. The average Bonchev–Trinajstić information content (AvgIpc) is 4.06.